The summed E-state index contributed by atoms with van der Waals surface area (Å²) in [7, 11) is 0. The fraction of sp³-hybridized carbons (Fsp3) is 0.875. The summed E-state index contributed by atoms with van der Waals surface area (Å²) < 4.78 is 0. The molecule has 2 N–H and O–H groups in total. The fourth-order valence-corrected chi connectivity index (χ4v) is 2.28. The molecule has 0 bridgehead atoms. The minimum Gasteiger partial charge on any atom is -0.390 e. The molecule has 0 spiro atoms. The van der Waals surface area contributed by atoms with Crippen molar-refractivity contribution >= 4 is 0 Å². The molecule has 0 aliphatic carbocycles. The molecule has 2 heteroatoms. The molecule has 18 heavy (non-hydrogen) atoms. The third kappa shape index (κ3) is 9.67. The van der Waals surface area contributed by atoms with Gasteiger partial charge in [-0.15, -0.1) is 0 Å². The molecule has 0 heterocycles. The summed E-state index contributed by atoms with van der Waals surface area (Å²) >= 11 is 0. The van der Waals surface area contributed by atoms with Gasteiger partial charge in [0.05, 0.1) is 11.7 Å². The van der Waals surface area contributed by atoms with E-state index in [0.29, 0.717) is 0 Å². The van der Waals surface area contributed by atoms with E-state index in [-0.39, 0.29) is 6.10 Å². The molecule has 0 fully saturated rings. The Morgan fingerprint density at radius 3 is 2.22 bits per heavy atom. The zero-order chi connectivity index (χ0) is 14.0. The molecule has 2 unspecified atom stereocenters. The lowest BCUT2D eigenvalue weighted by Crippen LogP contribution is -2.23. The van der Waals surface area contributed by atoms with E-state index in [0.717, 1.165) is 44.1 Å². The second-order valence-electron chi connectivity index (χ2n) is 5.92. The normalized spacial score (nSPS) is 16.3. The van der Waals surface area contributed by atoms with Crippen LogP contribution in [0, 0.1) is 0 Å². The minimum absolute atomic E-state index is 0.324. The van der Waals surface area contributed by atoms with E-state index in [1.54, 1.807) is 0 Å². The van der Waals surface area contributed by atoms with Gasteiger partial charge in [-0.3, -0.25) is 0 Å². The van der Waals surface area contributed by atoms with Crippen molar-refractivity contribution in [3.05, 3.63) is 12.2 Å². The molecule has 2 nitrogen and oxygen atoms in total. The molecule has 2 atom stereocenters. The Morgan fingerprint density at radius 2 is 1.67 bits per heavy atom. The van der Waals surface area contributed by atoms with Crippen LogP contribution in [0.4, 0.5) is 0 Å². The SMILES string of the molecule is C=C(C)C(O)CCCCCCCC(C)(O)CCC. The smallest absolute Gasteiger partial charge is 0.0744 e. The molecule has 0 saturated carbocycles. The third-order valence-corrected chi connectivity index (χ3v) is 3.55. The minimum atomic E-state index is -0.467. The van der Waals surface area contributed by atoms with Crippen LogP contribution in [0.1, 0.15) is 78.6 Å². The standard InChI is InChI=1S/C16H32O2/c1-5-12-16(4,18)13-10-8-6-7-9-11-15(17)14(2)3/h15,17-18H,2,5-13H2,1,3-4H3. The highest BCUT2D eigenvalue weighted by Crippen LogP contribution is 2.20. The Hall–Kier alpha value is -0.340. The number of aliphatic hydroxyl groups is 2. The van der Waals surface area contributed by atoms with Gasteiger partial charge < -0.3 is 10.2 Å². The zero-order valence-electron chi connectivity index (χ0n) is 12.5. The molecule has 0 aliphatic rings. The van der Waals surface area contributed by atoms with Gasteiger partial charge >= 0.3 is 0 Å². The fourth-order valence-electron chi connectivity index (χ4n) is 2.28. The first-order valence-corrected chi connectivity index (χ1v) is 7.45. The molecular formula is C16H32O2. The second kappa shape index (κ2) is 9.57. The van der Waals surface area contributed by atoms with Gasteiger partial charge in [-0.05, 0) is 33.1 Å². The summed E-state index contributed by atoms with van der Waals surface area (Å²) in [5.74, 6) is 0. The highest BCUT2D eigenvalue weighted by atomic mass is 16.3. The number of hydrogen-bond donors (Lipinski definition) is 2. The van der Waals surface area contributed by atoms with Gasteiger partial charge in [-0.2, -0.15) is 0 Å². The summed E-state index contributed by atoms with van der Waals surface area (Å²) in [6, 6.07) is 0. The van der Waals surface area contributed by atoms with E-state index in [4.69, 9.17) is 0 Å². The van der Waals surface area contributed by atoms with E-state index in [1.165, 1.54) is 19.3 Å². The molecular weight excluding hydrogens is 224 g/mol. The molecule has 108 valence electrons. The summed E-state index contributed by atoms with van der Waals surface area (Å²) in [5.41, 5.74) is 0.399. The Bertz CT molecular complexity index is 221. The summed E-state index contributed by atoms with van der Waals surface area (Å²) in [6.45, 7) is 9.68. The molecule has 0 aromatic rings. The van der Waals surface area contributed by atoms with Crippen molar-refractivity contribution in [2.75, 3.05) is 0 Å². The van der Waals surface area contributed by atoms with Gasteiger partial charge in [0, 0.05) is 0 Å². The van der Waals surface area contributed by atoms with Crippen LogP contribution >= 0.6 is 0 Å². The first kappa shape index (κ1) is 17.7. The summed E-state index contributed by atoms with van der Waals surface area (Å²) in [5, 5.41) is 19.6. The Morgan fingerprint density at radius 1 is 1.11 bits per heavy atom. The number of hydrogen-bond acceptors (Lipinski definition) is 2. The van der Waals surface area contributed by atoms with Gasteiger partial charge in [0.15, 0.2) is 0 Å². The van der Waals surface area contributed by atoms with Crippen LogP contribution in [0.3, 0.4) is 0 Å². The van der Waals surface area contributed by atoms with Gasteiger partial charge in [0.25, 0.3) is 0 Å². The number of unbranched alkanes of at least 4 members (excludes halogenated alkanes) is 4. The second-order valence-corrected chi connectivity index (χ2v) is 5.92. The predicted molar refractivity (Wildman–Crippen MR) is 78.7 cm³/mol. The van der Waals surface area contributed by atoms with Crippen molar-refractivity contribution in [3.63, 3.8) is 0 Å². The van der Waals surface area contributed by atoms with Gasteiger partial charge in [0.2, 0.25) is 0 Å². The van der Waals surface area contributed by atoms with Crippen molar-refractivity contribution < 1.29 is 10.2 Å². The lowest BCUT2D eigenvalue weighted by atomic mass is 9.93. The van der Waals surface area contributed by atoms with Gasteiger partial charge in [-0.1, -0.05) is 57.6 Å². The van der Waals surface area contributed by atoms with Crippen molar-refractivity contribution in [3.8, 4) is 0 Å². The molecule has 0 aliphatic heterocycles. The highest BCUT2D eigenvalue weighted by Gasteiger charge is 2.17. The molecule has 0 radical (unpaired) electrons. The van der Waals surface area contributed by atoms with Crippen molar-refractivity contribution in [1.29, 1.82) is 0 Å². The van der Waals surface area contributed by atoms with E-state index in [2.05, 4.69) is 13.5 Å². The van der Waals surface area contributed by atoms with Crippen LogP contribution in [0.25, 0.3) is 0 Å². The molecule has 0 aromatic heterocycles. The predicted octanol–water partition coefficient (Wildman–Crippen LogP) is 4.21. The number of rotatable bonds is 11. The topological polar surface area (TPSA) is 40.5 Å². The number of aliphatic hydroxyl groups excluding tert-OH is 1. The van der Waals surface area contributed by atoms with Crippen LogP contribution in [0.2, 0.25) is 0 Å². The monoisotopic (exact) mass is 256 g/mol. The largest absolute Gasteiger partial charge is 0.390 e. The van der Waals surface area contributed by atoms with Crippen molar-refractivity contribution in [1.82, 2.24) is 0 Å². The van der Waals surface area contributed by atoms with Crippen LogP contribution in [0.15, 0.2) is 12.2 Å². The first-order chi connectivity index (χ1) is 8.39. The maximum Gasteiger partial charge on any atom is 0.0744 e. The van der Waals surface area contributed by atoms with E-state index < -0.39 is 5.60 Å². The van der Waals surface area contributed by atoms with Gasteiger partial charge in [-0.25, -0.2) is 0 Å². The quantitative estimate of drug-likeness (QED) is 0.429. The zero-order valence-corrected chi connectivity index (χ0v) is 12.5. The van der Waals surface area contributed by atoms with Crippen LogP contribution in [0.5, 0.6) is 0 Å². The van der Waals surface area contributed by atoms with Gasteiger partial charge in [0.1, 0.15) is 0 Å². The average molecular weight is 256 g/mol. The van der Waals surface area contributed by atoms with Crippen molar-refractivity contribution in [2.45, 2.75) is 90.3 Å². The molecule has 0 aromatic carbocycles. The Kier molecular flexibility index (Phi) is 9.39. The summed E-state index contributed by atoms with van der Waals surface area (Å²) in [4.78, 5) is 0. The van der Waals surface area contributed by atoms with E-state index in [9.17, 15) is 10.2 Å². The summed E-state index contributed by atoms with van der Waals surface area (Å²) in [6.07, 6.45) is 9.10. The Labute approximate surface area is 113 Å². The van der Waals surface area contributed by atoms with Crippen LogP contribution < -0.4 is 0 Å². The molecule has 0 rings (SSSR count). The highest BCUT2D eigenvalue weighted by molar-refractivity contribution is 4.96. The maximum atomic E-state index is 10.0. The Balaban J connectivity index is 3.39. The van der Waals surface area contributed by atoms with Crippen molar-refractivity contribution in [2.24, 2.45) is 0 Å². The lowest BCUT2D eigenvalue weighted by Gasteiger charge is -2.22. The van der Waals surface area contributed by atoms with E-state index in [1.807, 2.05) is 13.8 Å². The van der Waals surface area contributed by atoms with E-state index >= 15 is 0 Å². The molecule has 0 amide bonds. The average Bonchev–Trinajstić information content (AvgIpc) is 2.27. The van der Waals surface area contributed by atoms with Crippen LogP contribution in [-0.2, 0) is 0 Å². The maximum absolute atomic E-state index is 10.0. The van der Waals surface area contributed by atoms with Crippen LogP contribution in [-0.4, -0.2) is 21.9 Å². The molecule has 0 saturated heterocycles. The third-order valence-electron chi connectivity index (χ3n) is 3.55. The lowest BCUT2D eigenvalue weighted by molar-refractivity contribution is 0.0386. The first-order valence-electron chi connectivity index (χ1n) is 7.45.